The fourth-order valence-corrected chi connectivity index (χ4v) is 2.22. The molecule has 0 spiro atoms. The highest BCUT2D eigenvalue weighted by Gasteiger charge is 2.12. The number of nitrogens with zero attached hydrogens (tertiary/aromatic N) is 2. The van der Waals surface area contributed by atoms with E-state index in [2.05, 4.69) is 0 Å². The molecular weight excluding hydrogens is 331 g/mol. The molecule has 0 heterocycles. The summed E-state index contributed by atoms with van der Waals surface area (Å²) in [5.74, 6) is 0.373. The van der Waals surface area contributed by atoms with E-state index >= 15 is 0 Å². The molecule has 0 bridgehead atoms. The minimum Gasteiger partial charge on any atom is -0.493 e. The van der Waals surface area contributed by atoms with Gasteiger partial charge in [-0.25, -0.2) is 4.39 Å². The first kappa shape index (κ1) is 17.3. The van der Waals surface area contributed by atoms with Crippen molar-refractivity contribution in [3.05, 3.63) is 63.9 Å². The fourth-order valence-electron chi connectivity index (χ4n) is 2.00. The molecule has 0 aliphatic carbocycles. The molecule has 120 valence electrons. The van der Waals surface area contributed by atoms with E-state index in [1.165, 1.54) is 31.4 Å². The second-order valence-corrected chi connectivity index (χ2v) is 5.09. The van der Waals surface area contributed by atoms with Crippen LogP contribution in [0.1, 0.15) is 11.1 Å². The van der Waals surface area contributed by atoms with Crippen molar-refractivity contribution in [3.8, 4) is 23.6 Å². The van der Waals surface area contributed by atoms with Crippen molar-refractivity contribution in [3.63, 3.8) is 0 Å². The van der Waals surface area contributed by atoms with Crippen molar-refractivity contribution in [2.24, 2.45) is 0 Å². The normalized spacial score (nSPS) is 9.54. The number of hydrogen-bond acceptors (Lipinski definition) is 4. The third-order valence-corrected chi connectivity index (χ3v) is 3.51. The molecule has 0 radical (unpaired) electrons. The first-order valence-corrected chi connectivity index (χ1v) is 7.22. The summed E-state index contributed by atoms with van der Waals surface area (Å²) in [7, 11) is 1.48. The quantitative estimate of drug-likeness (QED) is 0.750. The molecule has 2 rings (SSSR count). The number of hydrogen-bond donors (Lipinski definition) is 0. The molecule has 6 heteroatoms. The van der Waals surface area contributed by atoms with Crippen LogP contribution in [-0.4, -0.2) is 7.11 Å². The summed E-state index contributed by atoms with van der Waals surface area (Å²) in [5, 5.41) is 18.1. The van der Waals surface area contributed by atoms with Gasteiger partial charge < -0.3 is 9.47 Å². The number of ether oxygens (including phenoxy) is 2. The van der Waals surface area contributed by atoms with Gasteiger partial charge in [-0.05, 0) is 24.3 Å². The Morgan fingerprint density at radius 1 is 1.25 bits per heavy atom. The van der Waals surface area contributed by atoms with Crippen LogP contribution in [0.3, 0.4) is 0 Å². The van der Waals surface area contributed by atoms with E-state index in [4.69, 9.17) is 31.6 Å². The predicted octanol–water partition coefficient (Wildman–Crippen LogP) is 4.50. The molecule has 0 atom stereocenters. The van der Waals surface area contributed by atoms with E-state index in [1.54, 1.807) is 30.3 Å². The van der Waals surface area contributed by atoms with Crippen LogP contribution in [-0.2, 0) is 6.61 Å². The van der Waals surface area contributed by atoms with Crippen molar-refractivity contribution in [2.75, 3.05) is 7.11 Å². The molecule has 0 aliphatic heterocycles. The fraction of sp³-hybridized carbons (Fsp3) is 0.111. The van der Waals surface area contributed by atoms with Crippen LogP contribution in [0.4, 0.5) is 4.39 Å². The number of para-hydroxylation sites is 1. The lowest BCUT2D eigenvalue weighted by Crippen LogP contribution is -2.00. The molecule has 0 fully saturated rings. The van der Waals surface area contributed by atoms with E-state index in [0.717, 1.165) is 0 Å². The third-order valence-electron chi connectivity index (χ3n) is 3.16. The van der Waals surface area contributed by atoms with Gasteiger partial charge in [-0.3, -0.25) is 0 Å². The topological polar surface area (TPSA) is 66.0 Å². The van der Waals surface area contributed by atoms with Gasteiger partial charge in [0.2, 0.25) is 0 Å². The highest BCUT2D eigenvalue weighted by molar-refractivity contribution is 6.31. The number of halogens is 2. The largest absolute Gasteiger partial charge is 0.493 e. The average Bonchev–Trinajstić information content (AvgIpc) is 2.59. The molecule has 0 aromatic heterocycles. The maximum absolute atomic E-state index is 13.1. The lowest BCUT2D eigenvalue weighted by atomic mass is 10.1. The Bertz CT molecular complexity index is 850. The Balaban J connectivity index is 2.36. The van der Waals surface area contributed by atoms with E-state index in [1.807, 2.05) is 0 Å². The molecule has 4 nitrogen and oxygen atoms in total. The smallest absolute Gasteiger partial charge is 0.168 e. The first-order valence-electron chi connectivity index (χ1n) is 6.84. The van der Waals surface area contributed by atoms with Gasteiger partial charge in [0.1, 0.15) is 30.1 Å². The molecule has 0 aliphatic rings. The molecular formula is C18H12ClFN2O2. The van der Waals surface area contributed by atoms with Crippen molar-refractivity contribution < 1.29 is 13.9 Å². The van der Waals surface area contributed by atoms with Crippen molar-refractivity contribution in [1.29, 1.82) is 10.5 Å². The number of benzene rings is 2. The van der Waals surface area contributed by atoms with Gasteiger partial charge in [-0.1, -0.05) is 29.8 Å². The standard InChI is InChI=1S/C18H12ClFN2O2/c1-23-17-4-2-3-13(7-12(9-21)10-22)18(17)24-11-14-5-6-15(20)8-16(14)19/h2-8H,11H2,1H3. The number of allylic oxidation sites excluding steroid dienone is 1. The Labute approximate surface area is 143 Å². The summed E-state index contributed by atoms with van der Waals surface area (Å²) in [5.41, 5.74) is 1.05. The Morgan fingerprint density at radius 2 is 2.00 bits per heavy atom. The van der Waals surface area contributed by atoms with Crippen LogP contribution >= 0.6 is 11.6 Å². The van der Waals surface area contributed by atoms with Crippen LogP contribution in [0.15, 0.2) is 42.0 Å². The van der Waals surface area contributed by atoms with Crippen molar-refractivity contribution in [2.45, 2.75) is 6.61 Å². The third kappa shape index (κ3) is 4.04. The average molecular weight is 343 g/mol. The predicted molar refractivity (Wildman–Crippen MR) is 87.9 cm³/mol. The molecule has 0 unspecified atom stereocenters. The molecule has 0 N–H and O–H groups in total. The van der Waals surface area contributed by atoms with Crippen LogP contribution in [0.25, 0.3) is 6.08 Å². The summed E-state index contributed by atoms with van der Waals surface area (Å²) in [6, 6.07) is 12.7. The maximum atomic E-state index is 13.1. The summed E-state index contributed by atoms with van der Waals surface area (Å²) < 4.78 is 24.1. The van der Waals surface area contributed by atoms with Crippen LogP contribution in [0.5, 0.6) is 11.5 Å². The van der Waals surface area contributed by atoms with Crippen LogP contribution < -0.4 is 9.47 Å². The van der Waals surface area contributed by atoms with E-state index < -0.39 is 5.82 Å². The summed E-state index contributed by atoms with van der Waals surface area (Å²) in [6.07, 6.45) is 1.41. The molecule has 2 aromatic carbocycles. The zero-order valence-corrected chi connectivity index (χ0v) is 13.5. The van der Waals surface area contributed by atoms with Crippen LogP contribution in [0, 0.1) is 28.5 Å². The molecule has 2 aromatic rings. The molecule has 0 amide bonds. The van der Waals surface area contributed by atoms with Gasteiger partial charge in [0.25, 0.3) is 0 Å². The molecule has 0 saturated heterocycles. The summed E-state index contributed by atoms with van der Waals surface area (Å²) in [6.45, 7) is 0.0781. The monoisotopic (exact) mass is 342 g/mol. The Morgan fingerprint density at radius 3 is 2.62 bits per heavy atom. The van der Waals surface area contributed by atoms with E-state index in [9.17, 15) is 4.39 Å². The van der Waals surface area contributed by atoms with Gasteiger partial charge in [-0.2, -0.15) is 10.5 Å². The molecule has 0 saturated carbocycles. The van der Waals surface area contributed by atoms with Gasteiger partial charge in [0.15, 0.2) is 11.5 Å². The number of nitriles is 2. The number of methoxy groups -OCH3 is 1. The SMILES string of the molecule is COc1cccc(C=C(C#N)C#N)c1OCc1ccc(F)cc1Cl. The zero-order valence-electron chi connectivity index (χ0n) is 12.7. The van der Waals surface area contributed by atoms with E-state index in [0.29, 0.717) is 22.6 Å². The minimum absolute atomic E-state index is 0.0621. The van der Waals surface area contributed by atoms with Gasteiger partial charge in [0.05, 0.1) is 12.1 Å². The highest BCUT2D eigenvalue weighted by Crippen LogP contribution is 2.33. The van der Waals surface area contributed by atoms with Crippen LogP contribution in [0.2, 0.25) is 5.02 Å². The van der Waals surface area contributed by atoms with Gasteiger partial charge in [-0.15, -0.1) is 0 Å². The lowest BCUT2D eigenvalue weighted by Gasteiger charge is -2.14. The lowest BCUT2D eigenvalue weighted by molar-refractivity contribution is 0.284. The van der Waals surface area contributed by atoms with E-state index in [-0.39, 0.29) is 17.2 Å². The summed E-state index contributed by atoms with van der Waals surface area (Å²) in [4.78, 5) is 0. The Hall–Kier alpha value is -3.02. The minimum atomic E-state index is -0.433. The zero-order chi connectivity index (χ0) is 17.5. The highest BCUT2D eigenvalue weighted by atomic mass is 35.5. The van der Waals surface area contributed by atoms with Gasteiger partial charge in [0, 0.05) is 11.1 Å². The number of rotatable bonds is 5. The molecule has 24 heavy (non-hydrogen) atoms. The summed E-state index contributed by atoms with van der Waals surface area (Å²) >= 11 is 5.99. The van der Waals surface area contributed by atoms with Gasteiger partial charge >= 0.3 is 0 Å². The second kappa shape index (κ2) is 8.01. The first-order chi connectivity index (χ1) is 11.6. The Kier molecular flexibility index (Phi) is 5.78. The maximum Gasteiger partial charge on any atom is 0.168 e. The second-order valence-electron chi connectivity index (χ2n) is 4.68. The van der Waals surface area contributed by atoms with Crippen molar-refractivity contribution >= 4 is 17.7 Å². The van der Waals surface area contributed by atoms with Crippen molar-refractivity contribution in [1.82, 2.24) is 0 Å².